The molecule has 0 unspecified atom stereocenters. The molecule has 1 aliphatic rings. The number of hydrogen-bond acceptors (Lipinski definition) is 7. The van der Waals surface area contributed by atoms with Crippen LogP contribution in [-0.4, -0.2) is 40.1 Å². The van der Waals surface area contributed by atoms with E-state index in [9.17, 15) is 0 Å². The van der Waals surface area contributed by atoms with Gasteiger partial charge in [-0.25, -0.2) is 4.98 Å². The smallest absolute Gasteiger partial charge is 0.117 e. The van der Waals surface area contributed by atoms with Crippen molar-refractivity contribution in [2.75, 3.05) is 13.7 Å². The Kier molecular flexibility index (Phi) is 6.50. The molecule has 3 aromatic heterocycles. The van der Waals surface area contributed by atoms with Crippen LogP contribution >= 0.6 is 0 Å². The molecule has 4 rings (SSSR count). The van der Waals surface area contributed by atoms with Crippen LogP contribution < -0.4 is 0 Å². The average Bonchev–Trinajstić information content (AvgIpc) is 2.80. The average molecular weight is 418 g/mol. The maximum atomic E-state index is 5.68. The second-order valence-electron chi connectivity index (χ2n) is 7.66. The molecule has 3 heterocycles. The highest BCUT2D eigenvalue weighted by Gasteiger charge is 2.21. The van der Waals surface area contributed by atoms with Gasteiger partial charge in [0.25, 0.3) is 0 Å². The zero-order valence-electron chi connectivity index (χ0n) is 18.3. The highest BCUT2D eigenvalue weighted by atomic mass is 16.6. The van der Waals surface area contributed by atoms with Crippen molar-refractivity contribution in [3.8, 4) is 0 Å². The zero-order valence-corrected chi connectivity index (χ0v) is 18.3. The molecule has 0 saturated carbocycles. The van der Waals surface area contributed by atoms with Crippen LogP contribution in [0.1, 0.15) is 54.4 Å². The van der Waals surface area contributed by atoms with Crippen molar-refractivity contribution in [3.63, 3.8) is 0 Å². The summed E-state index contributed by atoms with van der Waals surface area (Å²) in [4.78, 5) is 24.2. The van der Waals surface area contributed by atoms with Gasteiger partial charge in [-0.3, -0.25) is 9.97 Å². The molecule has 7 heteroatoms. The molecule has 0 fully saturated rings. The predicted molar refractivity (Wildman–Crippen MR) is 121 cm³/mol. The first-order chi connectivity index (χ1) is 15.2. The van der Waals surface area contributed by atoms with Crippen molar-refractivity contribution in [2.45, 2.75) is 46.0 Å². The summed E-state index contributed by atoms with van der Waals surface area (Å²) in [7, 11) is 1.53. The fourth-order valence-electron chi connectivity index (χ4n) is 3.95. The molecule has 0 radical (unpaired) electrons. The number of fused-ring (bicyclic) bond motifs is 2. The van der Waals surface area contributed by atoms with Crippen LogP contribution in [0.3, 0.4) is 0 Å². The summed E-state index contributed by atoms with van der Waals surface area (Å²) in [5.74, 6) is 0. The molecular weight excluding hydrogens is 390 g/mol. The van der Waals surface area contributed by atoms with Gasteiger partial charge in [-0.05, 0) is 75.3 Å². The standard InChI is InChI=1S/C24H27N5O2/c1-16-19-12-13-25-15-23(19)27-24-20(16)9-5-11-22(24)29-31-14-6-8-18-7-4-10-21(26-18)17(2)28-30-3/h4,7,10,12-13,15H,5-6,8-9,11,14H2,1-3H3. The van der Waals surface area contributed by atoms with E-state index >= 15 is 0 Å². The lowest BCUT2D eigenvalue weighted by atomic mass is 9.89. The van der Waals surface area contributed by atoms with Crippen molar-refractivity contribution in [1.82, 2.24) is 15.0 Å². The molecular formula is C24H27N5O2. The fraction of sp³-hybridized carbons (Fsp3) is 0.375. The largest absolute Gasteiger partial charge is 0.399 e. The van der Waals surface area contributed by atoms with Crippen LogP contribution in [0.15, 0.2) is 47.0 Å². The molecule has 3 aromatic rings. The molecule has 0 bridgehead atoms. The summed E-state index contributed by atoms with van der Waals surface area (Å²) in [6.07, 6.45) is 8.24. The van der Waals surface area contributed by atoms with Gasteiger partial charge in [-0.2, -0.15) is 0 Å². The van der Waals surface area contributed by atoms with Gasteiger partial charge in [-0.15, -0.1) is 0 Å². The second kappa shape index (κ2) is 9.64. The van der Waals surface area contributed by atoms with E-state index in [2.05, 4.69) is 27.2 Å². The number of oxime groups is 2. The summed E-state index contributed by atoms with van der Waals surface area (Å²) in [6.45, 7) is 4.57. The summed E-state index contributed by atoms with van der Waals surface area (Å²) in [6, 6.07) is 7.96. The Morgan fingerprint density at radius 3 is 2.94 bits per heavy atom. The molecule has 0 atom stereocenters. The number of pyridine rings is 3. The SMILES string of the molecule is CON=C(C)c1cccc(CCCON=C2CCCc3c2nc2cnccc2c3C)n1. The van der Waals surface area contributed by atoms with E-state index in [-0.39, 0.29) is 0 Å². The first-order valence-electron chi connectivity index (χ1n) is 10.6. The van der Waals surface area contributed by atoms with E-state index in [1.54, 1.807) is 0 Å². The van der Waals surface area contributed by atoms with Crippen LogP contribution in [-0.2, 0) is 22.5 Å². The molecule has 0 amide bonds. The Morgan fingerprint density at radius 2 is 2.06 bits per heavy atom. The van der Waals surface area contributed by atoms with Gasteiger partial charge in [0.1, 0.15) is 25.1 Å². The molecule has 1 aliphatic carbocycles. The lowest BCUT2D eigenvalue weighted by molar-refractivity contribution is 0.141. The van der Waals surface area contributed by atoms with Gasteiger partial charge in [0.15, 0.2) is 0 Å². The Morgan fingerprint density at radius 1 is 1.16 bits per heavy atom. The van der Waals surface area contributed by atoms with E-state index < -0.39 is 0 Å². The van der Waals surface area contributed by atoms with Crippen LogP contribution in [0.25, 0.3) is 10.9 Å². The van der Waals surface area contributed by atoms with Crippen LogP contribution in [0.2, 0.25) is 0 Å². The summed E-state index contributed by atoms with van der Waals surface area (Å²) in [5, 5.41) is 9.56. The molecule has 160 valence electrons. The Hall–Kier alpha value is -3.35. The van der Waals surface area contributed by atoms with Crippen LogP contribution in [0.4, 0.5) is 0 Å². The van der Waals surface area contributed by atoms with Gasteiger partial charge in [0.2, 0.25) is 0 Å². The fourth-order valence-corrected chi connectivity index (χ4v) is 3.95. The lowest BCUT2D eigenvalue weighted by Crippen LogP contribution is -2.16. The van der Waals surface area contributed by atoms with E-state index in [4.69, 9.17) is 14.7 Å². The third-order valence-corrected chi connectivity index (χ3v) is 5.54. The van der Waals surface area contributed by atoms with E-state index in [1.807, 2.05) is 43.6 Å². The summed E-state index contributed by atoms with van der Waals surface area (Å²) >= 11 is 0. The van der Waals surface area contributed by atoms with Gasteiger partial charge in [0, 0.05) is 17.3 Å². The maximum absolute atomic E-state index is 5.68. The van der Waals surface area contributed by atoms with Gasteiger partial charge in [0.05, 0.1) is 23.1 Å². The first kappa shape index (κ1) is 20.9. The molecule has 0 aromatic carbocycles. The number of aryl methyl sites for hydroxylation is 2. The summed E-state index contributed by atoms with van der Waals surface area (Å²) in [5.41, 5.74) is 7.93. The van der Waals surface area contributed by atoms with Crippen molar-refractivity contribution in [2.24, 2.45) is 10.3 Å². The van der Waals surface area contributed by atoms with Crippen molar-refractivity contribution >= 4 is 22.3 Å². The normalized spacial score (nSPS) is 15.2. The first-order valence-corrected chi connectivity index (χ1v) is 10.6. The van der Waals surface area contributed by atoms with E-state index in [1.165, 1.54) is 18.2 Å². The van der Waals surface area contributed by atoms with E-state index in [0.29, 0.717) is 6.61 Å². The maximum Gasteiger partial charge on any atom is 0.117 e. The second-order valence-corrected chi connectivity index (χ2v) is 7.66. The van der Waals surface area contributed by atoms with Crippen molar-refractivity contribution in [1.29, 1.82) is 0 Å². The topological polar surface area (TPSA) is 81.9 Å². The minimum atomic E-state index is 0.532. The van der Waals surface area contributed by atoms with Crippen molar-refractivity contribution in [3.05, 3.63) is 64.9 Å². The minimum absolute atomic E-state index is 0.532. The molecule has 0 spiro atoms. The molecule has 31 heavy (non-hydrogen) atoms. The predicted octanol–water partition coefficient (Wildman–Crippen LogP) is 4.39. The monoisotopic (exact) mass is 417 g/mol. The Labute approximate surface area is 182 Å². The Bertz CT molecular complexity index is 1140. The highest BCUT2D eigenvalue weighted by molar-refractivity contribution is 6.03. The highest BCUT2D eigenvalue weighted by Crippen LogP contribution is 2.28. The molecule has 0 N–H and O–H groups in total. The third-order valence-electron chi connectivity index (χ3n) is 5.54. The van der Waals surface area contributed by atoms with Crippen molar-refractivity contribution < 1.29 is 9.68 Å². The van der Waals surface area contributed by atoms with Gasteiger partial charge >= 0.3 is 0 Å². The Balaban J connectivity index is 1.40. The minimum Gasteiger partial charge on any atom is -0.399 e. The quantitative estimate of drug-likeness (QED) is 0.323. The number of nitrogens with zero attached hydrogens (tertiary/aromatic N) is 5. The van der Waals surface area contributed by atoms with E-state index in [0.717, 1.165) is 71.5 Å². The summed E-state index contributed by atoms with van der Waals surface area (Å²) < 4.78 is 0. The van der Waals surface area contributed by atoms with Crippen LogP contribution in [0.5, 0.6) is 0 Å². The van der Waals surface area contributed by atoms with Gasteiger partial charge in [-0.1, -0.05) is 16.4 Å². The van der Waals surface area contributed by atoms with Gasteiger partial charge < -0.3 is 9.68 Å². The number of rotatable bonds is 7. The number of aromatic nitrogens is 3. The molecule has 7 nitrogen and oxygen atoms in total. The number of hydrogen-bond donors (Lipinski definition) is 0. The van der Waals surface area contributed by atoms with Crippen LogP contribution in [0, 0.1) is 6.92 Å². The third kappa shape index (κ3) is 4.71. The zero-order chi connectivity index (χ0) is 21.6. The molecule has 0 saturated heterocycles. The molecule has 0 aliphatic heterocycles. The lowest BCUT2D eigenvalue weighted by Gasteiger charge is -2.20.